The molecule has 0 aliphatic rings. The van der Waals surface area contributed by atoms with Crippen molar-refractivity contribution >= 4 is 5.97 Å². The summed E-state index contributed by atoms with van der Waals surface area (Å²) in [7, 11) is 0. The zero-order chi connectivity index (χ0) is 13.8. The summed E-state index contributed by atoms with van der Waals surface area (Å²) in [5, 5.41) is 0. The molecule has 2 nitrogen and oxygen atoms in total. The van der Waals surface area contributed by atoms with Crippen LogP contribution in [0.4, 0.5) is 0 Å². The van der Waals surface area contributed by atoms with E-state index in [1.165, 1.54) is 16.7 Å². The van der Waals surface area contributed by atoms with Gasteiger partial charge in [-0.25, -0.2) is 4.79 Å². The first-order valence-electron chi connectivity index (χ1n) is 6.46. The van der Waals surface area contributed by atoms with Gasteiger partial charge in [0.1, 0.15) is 0 Å². The van der Waals surface area contributed by atoms with E-state index >= 15 is 0 Å². The molecule has 0 radical (unpaired) electrons. The summed E-state index contributed by atoms with van der Waals surface area (Å²) in [6.45, 7) is 6.39. The van der Waals surface area contributed by atoms with Gasteiger partial charge in [0.05, 0.1) is 12.2 Å². The number of hydrogen-bond acceptors (Lipinski definition) is 2. The van der Waals surface area contributed by atoms with Gasteiger partial charge in [0.15, 0.2) is 0 Å². The van der Waals surface area contributed by atoms with Gasteiger partial charge >= 0.3 is 5.97 Å². The lowest BCUT2D eigenvalue weighted by atomic mass is 9.98. The summed E-state index contributed by atoms with van der Waals surface area (Å²) >= 11 is 0. The SMILES string of the molecule is CCOC(=O)c1ccc(-c2ccc(C)cc2C)cc1. The summed E-state index contributed by atoms with van der Waals surface area (Å²) in [5.74, 6) is -0.269. The first-order chi connectivity index (χ1) is 9.11. The van der Waals surface area contributed by atoms with Crippen LogP contribution in [0.5, 0.6) is 0 Å². The molecule has 0 saturated carbocycles. The van der Waals surface area contributed by atoms with Crippen LogP contribution in [0.3, 0.4) is 0 Å². The molecular formula is C17H18O2. The maximum absolute atomic E-state index is 11.6. The summed E-state index contributed by atoms with van der Waals surface area (Å²) in [5.41, 5.74) is 5.40. The van der Waals surface area contributed by atoms with Crippen LogP contribution in [0.1, 0.15) is 28.4 Å². The molecule has 0 aliphatic heterocycles. The molecule has 2 aromatic rings. The number of hydrogen-bond donors (Lipinski definition) is 0. The number of ether oxygens (including phenoxy) is 1. The largest absolute Gasteiger partial charge is 0.462 e. The van der Waals surface area contributed by atoms with Crippen LogP contribution in [0, 0.1) is 13.8 Å². The second-order valence-corrected chi connectivity index (χ2v) is 4.62. The van der Waals surface area contributed by atoms with E-state index in [9.17, 15) is 4.79 Å². The average Bonchev–Trinajstić information content (AvgIpc) is 2.39. The summed E-state index contributed by atoms with van der Waals surface area (Å²) in [4.78, 5) is 11.6. The molecule has 19 heavy (non-hydrogen) atoms. The maximum atomic E-state index is 11.6. The smallest absolute Gasteiger partial charge is 0.338 e. The topological polar surface area (TPSA) is 26.3 Å². The Morgan fingerprint density at radius 3 is 2.32 bits per heavy atom. The monoisotopic (exact) mass is 254 g/mol. The van der Waals surface area contributed by atoms with Gasteiger partial charge < -0.3 is 4.74 Å². The van der Waals surface area contributed by atoms with Gasteiger partial charge in [0.25, 0.3) is 0 Å². The van der Waals surface area contributed by atoms with E-state index in [0.29, 0.717) is 12.2 Å². The Kier molecular flexibility index (Phi) is 4.00. The number of carbonyl (C=O) groups is 1. The van der Waals surface area contributed by atoms with Crippen LogP contribution < -0.4 is 0 Å². The van der Waals surface area contributed by atoms with Gasteiger partial charge in [0, 0.05) is 0 Å². The van der Waals surface area contributed by atoms with Crippen LogP contribution in [0.15, 0.2) is 42.5 Å². The second kappa shape index (κ2) is 5.70. The van der Waals surface area contributed by atoms with Gasteiger partial charge in [-0.2, -0.15) is 0 Å². The molecule has 0 fully saturated rings. The van der Waals surface area contributed by atoms with Crippen LogP contribution >= 0.6 is 0 Å². The summed E-state index contributed by atoms with van der Waals surface area (Å²) in [6.07, 6.45) is 0. The van der Waals surface area contributed by atoms with Crippen molar-refractivity contribution in [2.24, 2.45) is 0 Å². The Bertz CT molecular complexity index is 583. The third-order valence-electron chi connectivity index (χ3n) is 3.09. The first-order valence-corrected chi connectivity index (χ1v) is 6.46. The zero-order valence-electron chi connectivity index (χ0n) is 11.6. The normalized spacial score (nSPS) is 10.3. The average molecular weight is 254 g/mol. The molecule has 2 aromatic carbocycles. The molecule has 2 rings (SSSR count). The van der Waals surface area contributed by atoms with Crippen molar-refractivity contribution in [3.63, 3.8) is 0 Å². The molecule has 2 heteroatoms. The van der Waals surface area contributed by atoms with Crippen molar-refractivity contribution in [1.29, 1.82) is 0 Å². The van der Waals surface area contributed by atoms with Gasteiger partial charge in [-0.15, -0.1) is 0 Å². The highest BCUT2D eigenvalue weighted by atomic mass is 16.5. The molecule has 0 saturated heterocycles. The Balaban J connectivity index is 2.30. The Labute approximate surface area is 114 Å². The molecule has 98 valence electrons. The number of rotatable bonds is 3. The zero-order valence-corrected chi connectivity index (χ0v) is 11.6. The van der Waals surface area contributed by atoms with E-state index in [-0.39, 0.29) is 5.97 Å². The van der Waals surface area contributed by atoms with E-state index < -0.39 is 0 Å². The fourth-order valence-electron chi connectivity index (χ4n) is 2.14. The van der Waals surface area contributed by atoms with E-state index in [2.05, 4.69) is 32.0 Å². The molecular weight excluding hydrogens is 236 g/mol. The minimum absolute atomic E-state index is 0.269. The van der Waals surface area contributed by atoms with Crippen LogP contribution in [0.2, 0.25) is 0 Å². The lowest BCUT2D eigenvalue weighted by molar-refractivity contribution is 0.0526. The molecule has 0 heterocycles. The third-order valence-corrected chi connectivity index (χ3v) is 3.09. The number of aryl methyl sites for hydroxylation is 2. The fraction of sp³-hybridized carbons (Fsp3) is 0.235. The van der Waals surface area contributed by atoms with Crippen molar-refractivity contribution in [1.82, 2.24) is 0 Å². The van der Waals surface area contributed by atoms with Gasteiger partial charge in [-0.1, -0.05) is 35.9 Å². The minimum atomic E-state index is -0.269. The van der Waals surface area contributed by atoms with E-state index in [4.69, 9.17) is 4.74 Å². The molecule has 0 unspecified atom stereocenters. The second-order valence-electron chi connectivity index (χ2n) is 4.62. The highest BCUT2D eigenvalue weighted by Crippen LogP contribution is 2.24. The molecule has 0 amide bonds. The molecule has 0 spiro atoms. The van der Waals surface area contributed by atoms with E-state index in [0.717, 1.165) is 5.56 Å². The Morgan fingerprint density at radius 2 is 1.74 bits per heavy atom. The quantitative estimate of drug-likeness (QED) is 0.769. The molecule has 0 aromatic heterocycles. The molecule has 0 N–H and O–H groups in total. The van der Waals surface area contributed by atoms with Crippen LogP contribution in [0.25, 0.3) is 11.1 Å². The Morgan fingerprint density at radius 1 is 1.05 bits per heavy atom. The number of carbonyl (C=O) groups excluding carboxylic acids is 1. The van der Waals surface area contributed by atoms with Gasteiger partial charge in [0.2, 0.25) is 0 Å². The standard InChI is InChI=1S/C17H18O2/c1-4-19-17(18)15-8-6-14(7-9-15)16-10-5-12(2)11-13(16)3/h5-11H,4H2,1-3H3. The van der Waals surface area contributed by atoms with Crippen molar-refractivity contribution < 1.29 is 9.53 Å². The minimum Gasteiger partial charge on any atom is -0.462 e. The highest BCUT2D eigenvalue weighted by Gasteiger charge is 2.07. The number of esters is 1. The van der Waals surface area contributed by atoms with E-state index in [1.807, 2.05) is 31.2 Å². The maximum Gasteiger partial charge on any atom is 0.338 e. The van der Waals surface area contributed by atoms with Crippen molar-refractivity contribution in [3.8, 4) is 11.1 Å². The molecule has 0 bridgehead atoms. The first kappa shape index (κ1) is 13.3. The van der Waals surface area contributed by atoms with Crippen molar-refractivity contribution in [2.45, 2.75) is 20.8 Å². The molecule has 0 aliphatic carbocycles. The van der Waals surface area contributed by atoms with Crippen LogP contribution in [-0.2, 0) is 4.74 Å². The van der Waals surface area contributed by atoms with Crippen LogP contribution in [-0.4, -0.2) is 12.6 Å². The Hall–Kier alpha value is -2.09. The number of benzene rings is 2. The lowest BCUT2D eigenvalue weighted by Gasteiger charge is -2.08. The van der Waals surface area contributed by atoms with Gasteiger partial charge in [-0.05, 0) is 49.6 Å². The molecule has 0 atom stereocenters. The third kappa shape index (κ3) is 3.02. The van der Waals surface area contributed by atoms with Crippen molar-refractivity contribution in [2.75, 3.05) is 6.61 Å². The lowest BCUT2D eigenvalue weighted by Crippen LogP contribution is -2.04. The predicted molar refractivity (Wildman–Crippen MR) is 77.3 cm³/mol. The van der Waals surface area contributed by atoms with Crippen molar-refractivity contribution in [3.05, 3.63) is 59.2 Å². The van der Waals surface area contributed by atoms with Gasteiger partial charge in [-0.3, -0.25) is 0 Å². The summed E-state index contributed by atoms with van der Waals surface area (Å²) < 4.78 is 4.97. The van der Waals surface area contributed by atoms with E-state index in [1.54, 1.807) is 0 Å². The summed E-state index contributed by atoms with van der Waals surface area (Å²) in [6, 6.07) is 13.9. The highest BCUT2D eigenvalue weighted by molar-refractivity contribution is 5.90. The predicted octanol–water partition coefficient (Wildman–Crippen LogP) is 4.15. The fourth-order valence-corrected chi connectivity index (χ4v) is 2.14.